The van der Waals surface area contributed by atoms with Crippen LogP contribution in [0.4, 0.5) is 0 Å². The summed E-state index contributed by atoms with van der Waals surface area (Å²) in [4.78, 5) is 8.88. The highest BCUT2D eigenvalue weighted by atomic mass is 32.1. The summed E-state index contributed by atoms with van der Waals surface area (Å²) < 4.78 is 2.19. The molecule has 0 fully saturated rings. The molecule has 0 atom stereocenters. The molecule has 0 unspecified atom stereocenters. The van der Waals surface area contributed by atoms with Crippen LogP contribution in [0.25, 0.3) is 11.0 Å². The molecule has 0 aliphatic rings. The van der Waals surface area contributed by atoms with Gasteiger partial charge in [-0.05, 0) is 17.7 Å². The first-order chi connectivity index (χ1) is 9.74. The summed E-state index contributed by atoms with van der Waals surface area (Å²) in [5.41, 5.74) is 2.32. The molecular weight excluding hydrogens is 268 g/mol. The lowest BCUT2D eigenvalue weighted by Gasteiger charge is -2.06. The van der Waals surface area contributed by atoms with Crippen LogP contribution in [0.3, 0.4) is 0 Å². The van der Waals surface area contributed by atoms with Gasteiger partial charge >= 0.3 is 0 Å². The Morgan fingerprint density at radius 1 is 1.30 bits per heavy atom. The fraction of sp³-hybridized carbons (Fsp3) is 0.333. The van der Waals surface area contributed by atoms with E-state index in [0.717, 1.165) is 23.7 Å². The minimum absolute atomic E-state index is 0.476. The van der Waals surface area contributed by atoms with Gasteiger partial charge in [0.05, 0.1) is 6.54 Å². The first-order valence-corrected chi connectivity index (χ1v) is 7.66. The van der Waals surface area contributed by atoms with Gasteiger partial charge in [-0.1, -0.05) is 13.8 Å². The number of aromatic nitrogens is 3. The number of rotatable bonds is 5. The van der Waals surface area contributed by atoms with Crippen molar-refractivity contribution in [3.05, 3.63) is 46.7 Å². The van der Waals surface area contributed by atoms with Gasteiger partial charge in [-0.25, -0.2) is 9.97 Å². The lowest BCUT2D eigenvalue weighted by molar-refractivity contribution is 0.589. The summed E-state index contributed by atoms with van der Waals surface area (Å²) in [7, 11) is 0. The van der Waals surface area contributed by atoms with Crippen molar-refractivity contribution in [1.82, 2.24) is 19.9 Å². The average Bonchev–Trinajstić information content (AvgIpc) is 3.06. The number of pyridine rings is 1. The van der Waals surface area contributed by atoms with Gasteiger partial charge in [0, 0.05) is 41.9 Å². The molecule has 5 heteroatoms. The maximum Gasteiger partial charge on any atom is 0.140 e. The molecule has 3 heterocycles. The molecule has 0 saturated heterocycles. The Bertz CT molecular complexity index is 685. The van der Waals surface area contributed by atoms with Crippen LogP contribution in [0.2, 0.25) is 0 Å². The molecule has 0 spiro atoms. The number of nitrogens with zero attached hydrogens (tertiary/aromatic N) is 3. The lowest BCUT2D eigenvalue weighted by atomic mass is 10.2. The highest BCUT2D eigenvalue weighted by Crippen LogP contribution is 2.21. The molecule has 20 heavy (non-hydrogen) atoms. The van der Waals surface area contributed by atoms with Crippen molar-refractivity contribution in [2.75, 3.05) is 0 Å². The molecule has 0 saturated carbocycles. The Labute approximate surface area is 122 Å². The van der Waals surface area contributed by atoms with Crippen molar-refractivity contribution in [2.45, 2.75) is 33.0 Å². The Hall–Kier alpha value is -1.72. The molecule has 3 aromatic heterocycles. The Balaban J connectivity index is 1.95. The maximum atomic E-state index is 4.52. The van der Waals surface area contributed by atoms with E-state index in [1.54, 1.807) is 11.3 Å². The topological polar surface area (TPSA) is 42.7 Å². The molecular formula is C15H18N4S. The molecule has 0 aliphatic carbocycles. The van der Waals surface area contributed by atoms with Gasteiger partial charge in [-0.15, -0.1) is 11.3 Å². The van der Waals surface area contributed by atoms with Gasteiger partial charge in [0.15, 0.2) is 0 Å². The predicted molar refractivity (Wildman–Crippen MR) is 82.9 cm³/mol. The minimum atomic E-state index is 0.476. The third-order valence-corrected chi connectivity index (χ3v) is 3.97. The van der Waals surface area contributed by atoms with Gasteiger partial charge in [0.25, 0.3) is 0 Å². The summed E-state index contributed by atoms with van der Waals surface area (Å²) in [5, 5.41) is 7.81. The maximum absolute atomic E-state index is 4.52. The van der Waals surface area contributed by atoms with Gasteiger partial charge < -0.3 is 9.88 Å². The number of thiazole rings is 1. The predicted octanol–water partition coefficient (Wildman–Crippen LogP) is 3.04. The van der Waals surface area contributed by atoms with E-state index in [9.17, 15) is 0 Å². The quantitative estimate of drug-likeness (QED) is 0.784. The lowest BCUT2D eigenvalue weighted by Crippen LogP contribution is -2.21. The van der Waals surface area contributed by atoms with E-state index in [2.05, 4.69) is 46.0 Å². The zero-order valence-corrected chi connectivity index (χ0v) is 12.5. The molecule has 0 aromatic carbocycles. The zero-order valence-electron chi connectivity index (χ0n) is 11.7. The first-order valence-electron chi connectivity index (χ1n) is 6.78. The minimum Gasteiger partial charge on any atom is -0.325 e. The second kappa shape index (κ2) is 5.73. The highest BCUT2D eigenvalue weighted by molar-refractivity contribution is 7.09. The molecule has 0 bridgehead atoms. The van der Waals surface area contributed by atoms with Gasteiger partial charge in [-0.2, -0.15) is 0 Å². The Kier molecular flexibility index (Phi) is 3.80. The summed E-state index contributed by atoms with van der Waals surface area (Å²) in [6, 6.07) is 4.61. The van der Waals surface area contributed by atoms with Crippen LogP contribution in [0, 0.1) is 0 Å². The van der Waals surface area contributed by atoms with Crippen LogP contribution in [0.1, 0.15) is 24.4 Å². The van der Waals surface area contributed by atoms with Crippen molar-refractivity contribution in [3.63, 3.8) is 0 Å². The second-order valence-electron chi connectivity index (χ2n) is 5.12. The van der Waals surface area contributed by atoms with E-state index in [1.807, 2.05) is 23.8 Å². The van der Waals surface area contributed by atoms with Crippen molar-refractivity contribution in [1.29, 1.82) is 0 Å². The SMILES string of the molecule is CC(C)NCc1cn(Cc2nccs2)c2ncccc12. The Morgan fingerprint density at radius 3 is 2.95 bits per heavy atom. The van der Waals surface area contributed by atoms with E-state index >= 15 is 0 Å². The normalized spacial score (nSPS) is 11.6. The molecule has 3 rings (SSSR count). The van der Waals surface area contributed by atoms with Gasteiger partial charge in [0.2, 0.25) is 0 Å². The number of hydrogen-bond donors (Lipinski definition) is 1. The van der Waals surface area contributed by atoms with Crippen LogP contribution in [-0.4, -0.2) is 20.6 Å². The summed E-state index contributed by atoms with van der Waals surface area (Å²) in [6.45, 7) is 5.97. The Morgan fingerprint density at radius 2 is 2.20 bits per heavy atom. The molecule has 104 valence electrons. The number of fused-ring (bicyclic) bond motifs is 1. The zero-order chi connectivity index (χ0) is 13.9. The van der Waals surface area contributed by atoms with E-state index in [-0.39, 0.29) is 0 Å². The van der Waals surface area contributed by atoms with E-state index in [4.69, 9.17) is 0 Å². The third kappa shape index (κ3) is 2.73. The molecule has 1 N–H and O–H groups in total. The standard InChI is InChI=1S/C15H18N4S/c1-11(2)18-8-12-9-19(10-14-16-6-7-20-14)15-13(12)4-3-5-17-15/h3-7,9,11,18H,8,10H2,1-2H3. The van der Waals surface area contributed by atoms with Gasteiger partial charge in [-0.3, -0.25) is 0 Å². The fourth-order valence-corrected chi connectivity index (χ4v) is 2.86. The highest BCUT2D eigenvalue weighted by Gasteiger charge is 2.10. The molecule has 3 aromatic rings. The van der Waals surface area contributed by atoms with Crippen LogP contribution >= 0.6 is 11.3 Å². The van der Waals surface area contributed by atoms with Gasteiger partial charge in [0.1, 0.15) is 10.7 Å². The monoisotopic (exact) mass is 286 g/mol. The van der Waals surface area contributed by atoms with Crippen LogP contribution < -0.4 is 5.32 Å². The van der Waals surface area contributed by atoms with Crippen molar-refractivity contribution in [3.8, 4) is 0 Å². The van der Waals surface area contributed by atoms with Crippen LogP contribution in [-0.2, 0) is 13.1 Å². The summed E-state index contributed by atoms with van der Waals surface area (Å²) in [6.07, 6.45) is 5.88. The average molecular weight is 286 g/mol. The van der Waals surface area contributed by atoms with Crippen molar-refractivity contribution >= 4 is 22.4 Å². The molecule has 0 radical (unpaired) electrons. The summed E-state index contributed by atoms with van der Waals surface area (Å²) in [5.74, 6) is 0. The van der Waals surface area contributed by atoms with Crippen LogP contribution in [0.5, 0.6) is 0 Å². The van der Waals surface area contributed by atoms with Crippen molar-refractivity contribution in [2.24, 2.45) is 0 Å². The van der Waals surface area contributed by atoms with E-state index < -0.39 is 0 Å². The summed E-state index contributed by atoms with van der Waals surface area (Å²) >= 11 is 1.68. The van der Waals surface area contributed by atoms with Crippen LogP contribution in [0.15, 0.2) is 36.1 Å². The second-order valence-corrected chi connectivity index (χ2v) is 6.10. The van der Waals surface area contributed by atoms with E-state index in [1.165, 1.54) is 10.9 Å². The fourth-order valence-electron chi connectivity index (χ4n) is 2.25. The molecule has 0 aliphatic heterocycles. The first kappa shape index (κ1) is 13.3. The molecule has 4 nitrogen and oxygen atoms in total. The number of hydrogen-bond acceptors (Lipinski definition) is 4. The van der Waals surface area contributed by atoms with Crippen molar-refractivity contribution < 1.29 is 0 Å². The largest absolute Gasteiger partial charge is 0.325 e. The third-order valence-electron chi connectivity index (χ3n) is 3.21. The smallest absolute Gasteiger partial charge is 0.140 e. The van der Waals surface area contributed by atoms with E-state index in [0.29, 0.717) is 6.04 Å². The number of nitrogens with one attached hydrogen (secondary N) is 1. The molecule has 0 amide bonds.